The monoisotopic (exact) mass is 404 g/mol. The third-order valence-corrected chi connectivity index (χ3v) is 7.87. The number of piperazine rings is 1. The summed E-state index contributed by atoms with van der Waals surface area (Å²) in [5.74, 6) is 0.744. The zero-order chi connectivity index (χ0) is 18.9. The minimum atomic E-state index is -3.38. The summed E-state index contributed by atoms with van der Waals surface area (Å²) in [7, 11) is -3.38. The normalized spacial score (nSPS) is 16.6. The van der Waals surface area contributed by atoms with E-state index < -0.39 is 10.0 Å². The Morgan fingerprint density at radius 2 is 1.81 bits per heavy atom. The molecule has 3 aromatic rings. The number of sulfonamides is 1. The molecule has 8 nitrogen and oxygen atoms in total. The molecular formula is C17H20N6O2S2. The predicted molar refractivity (Wildman–Crippen MR) is 102 cm³/mol. The Morgan fingerprint density at radius 3 is 2.48 bits per heavy atom. The van der Waals surface area contributed by atoms with E-state index in [1.807, 2.05) is 31.2 Å². The SMILES string of the molecule is Cc1ccc(-n2nnnc2CN2CCN(S(=O)(=O)c3cccs3)CC2)cc1. The molecule has 142 valence electrons. The molecule has 0 radical (unpaired) electrons. The molecule has 1 saturated heterocycles. The van der Waals surface area contributed by atoms with Crippen LogP contribution >= 0.6 is 11.3 Å². The summed E-state index contributed by atoms with van der Waals surface area (Å²) in [6.45, 7) is 4.83. The summed E-state index contributed by atoms with van der Waals surface area (Å²) in [5.41, 5.74) is 2.09. The number of hydrogen-bond acceptors (Lipinski definition) is 7. The molecule has 0 amide bonds. The first-order valence-electron chi connectivity index (χ1n) is 8.64. The van der Waals surface area contributed by atoms with E-state index in [1.165, 1.54) is 16.9 Å². The average Bonchev–Trinajstić information content (AvgIpc) is 3.35. The zero-order valence-electron chi connectivity index (χ0n) is 14.9. The Hall–Kier alpha value is -2.14. The molecule has 10 heteroatoms. The van der Waals surface area contributed by atoms with Gasteiger partial charge in [-0.15, -0.1) is 16.4 Å². The third kappa shape index (κ3) is 3.79. The quantitative estimate of drug-likeness (QED) is 0.641. The first-order chi connectivity index (χ1) is 13.0. The molecule has 0 aliphatic carbocycles. The van der Waals surface area contributed by atoms with Gasteiger partial charge in [-0.05, 0) is 40.9 Å². The lowest BCUT2D eigenvalue weighted by Gasteiger charge is -2.33. The van der Waals surface area contributed by atoms with Gasteiger partial charge in [0.25, 0.3) is 10.0 Å². The van der Waals surface area contributed by atoms with E-state index in [0.29, 0.717) is 36.9 Å². The molecule has 0 unspecified atom stereocenters. The number of hydrogen-bond donors (Lipinski definition) is 0. The first kappa shape index (κ1) is 18.2. The molecule has 3 heterocycles. The molecule has 4 rings (SSSR count). The summed E-state index contributed by atoms with van der Waals surface area (Å²) in [4.78, 5) is 2.18. The van der Waals surface area contributed by atoms with Crippen LogP contribution in [-0.2, 0) is 16.6 Å². The van der Waals surface area contributed by atoms with E-state index in [-0.39, 0.29) is 0 Å². The van der Waals surface area contributed by atoms with Crippen LogP contribution in [0.15, 0.2) is 46.0 Å². The van der Waals surface area contributed by atoms with Crippen LogP contribution in [0.2, 0.25) is 0 Å². The van der Waals surface area contributed by atoms with Crippen molar-refractivity contribution in [3.63, 3.8) is 0 Å². The highest BCUT2D eigenvalue weighted by molar-refractivity contribution is 7.91. The van der Waals surface area contributed by atoms with Crippen LogP contribution in [0.3, 0.4) is 0 Å². The fourth-order valence-electron chi connectivity index (χ4n) is 3.06. The molecule has 1 aliphatic rings. The fraction of sp³-hybridized carbons (Fsp3) is 0.353. The third-order valence-electron chi connectivity index (χ3n) is 4.60. The van der Waals surface area contributed by atoms with E-state index in [4.69, 9.17) is 0 Å². The highest BCUT2D eigenvalue weighted by Gasteiger charge is 2.29. The number of tetrazole rings is 1. The van der Waals surface area contributed by atoms with Crippen LogP contribution in [0.5, 0.6) is 0 Å². The van der Waals surface area contributed by atoms with Crippen LogP contribution < -0.4 is 0 Å². The van der Waals surface area contributed by atoms with Crippen LogP contribution in [-0.4, -0.2) is 64.0 Å². The lowest BCUT2D eigenvalue weighted by molar-refractivity contribution is 0.177. The molecule has 2 aromatic heterocycles. The van der Waals surface area contributed by atoms with Gasteiger partial charge in [-0.25, -0.2) is 8.42 Å². The number of benzene rings is 1. The number of nitrogens with zero attached hydrogens (tertiary/aromatic N) is 6. The van der Waals surface area contributed by atoms with Crippen molar-refractivity contribution in [2.24, 2.45) is 0 Å². The van der Waals surface area contributed by atoms with Gasteiger partial charge in [0.2, 0.25) is 0 Å². The van der Waals surface area contributed by atoms with Crippen LogP contribution in [0.1, 0.15) is 11.4 Å². The van der Waals surface area contributed by atoms with Gasteiger partial charge >= 0.3 is 0 Å². The standard InChI is InChI=1S/C17H20N6O2S2/c1-14-4-6-15(7-5-14)23-16(18-19-20-23)13-21-8-10-22(11-9-21)27(24,25)17-3-2-12-26-17/h2-7,12H,8-11,13H2,1H3. The highest BCUT2D eigenvalue weighted by Crippen LogP contribution is 2.22. The van der Waals surface area contributed by atoms with E-state index in [2.05, 4.69) is 20.4 Å². The number of aromatic nitrogens is 4. The van der Waals surface area contributed by atoms with Crippen molar-refractivity contribution >= 4 is 21.4 Å². The maximum absolute atomic E-state index is 12.6. The van der Waals surface area contributed by atoms with Crippen molar-refractivity contribution in [3.8, 4) is 5.69 Å². The Labute approximate surface area is 162 Å². The van der Waals surface area contributed by atoms with Crippen molar-refractivity contribution in [2.45, 2.75) is 17.7 Å². The maximum atomic E-state index is 12.6. The van der Waals surface area contributed by atoms with Crippen molar-refractivity contribution in [1.82, 2.24) is 29.4 Å². The van der Waals surface area contributed by atoms with Crippen LogP contribution in [0, 0.1) is 6.92 Å². The summed E-state index contributed by atoms with van der Waals surface area (Å²) < 4.78 is 28.9. The molecule has 1 aliphatic heterocycles. The Kier molecular flexibility index (Phi) is 5.04. The largest absolute Gasteiger partial charge is 0.293 e. The first-order valence-corrected chi connectivity index (χ1v) is 11.0. The van der Waals surface area contributed by atoms with Gasteiger partial charge in [0.1, 0.15) is 4.21 Å². The van der Waals surface area contributed by atoms with E-state index in [1.54, 1.807) is 26.5 Å². The summed E-state index contributed by atoms with van der Waals surface area (Å²) in [6, 6.07) is 11.4. The molecular weight excluding hydrogens is 384 g/mol. The van der Waals surface area contributed by atoms with Crippen LogP contribution in [0.25, 0.3) is 5.69 Å². The van der Waals surface area contributed by atoms with Gasteiger partial charge in [-0.3, -0.25) is 4.90 Å². The smallest absolute Gasteiger partial charge is 0.252 e. The molecule has 0 saturated carbocycles. The van der Waals surface area contributed by atoms with Gasteiger partial charge in [0.15, 0.2) is 5.82 Å². The second kappa shape index (κ2) is 7.47. The second-order valence-corrected chi connectivity index (χ2v) is 9.57. The number of aryl methyl sites for hydroxylation is 1. The maximum Gasteiger partial charge on any atom is 0.252 e. The van der Waals surface area contributed by atoms with E-state index in [9.17, 15) is 8.42 Å². The molecule has 1 fully saturated rings. The van der Waals surface area contributed by atoms with Crippen molar-refractivity contribution in [1.29, 1.82) is 0 Å². The number of thiophene rings is 1. The number of rotatable bonds is 5. The minimum Gasteiger partial charge on any atom is -0.293 e. The Balaban J connectivity index is 1.42. The Morgan fingerprint density at radius 1 is 1.07 bits per heavy atom. The van der Waals surface area contributed by atoms with Gasteiger partial charge in [0.05, 0.1) is 12.2 Å². The molecule has 27 heavy (non-hydrogen) atoms. The summed E-state index contributed by atoms with van der Waals surface area (Å²) >= 11 is 1.26. The lowest BCUT2D eigenvalue weighted by atomic mass is 10.2. The zero-order valence-corrected chi connectivity index (χ0v) is 16.5. The van der Waals surface area contributed by atoms with Gasteiger partial charge in [-0.1, -0.05) is 23.8 Å². The Bertz CT molecular complexity index is 990. The molecule has 1 aromatic carbocycles. The summed E-state index contributed by atoms with van der Waals surface area (Å²) in [6.07, 6.45) is 0. The average molecular weight is 405 g/mol. The van der Waals surface area contributed by atoms with Crippen LogP contribution in [0.4, 0.5) is 0 Å². The van der Waals surface area contributed by atoms with Gasteiger partial charge in [0, 0.05) is 26.2 Å². The van der Waals surface area contributed by atoms with Crippen molar-refractivity contribution < 1.29 is 8.42 Å². The minimum absolute atomic E-state index is 0.402. The fourth-order valence-corrected chi connectivity index (χ4v) is 5.62. The van der Waals surface area contributed by atoms with Gasteiger partial charge in [-0.2, -0.15) is 8.99 Å². The molecule has 0 atom stereocenters. The van der Waals surface area contributed by atoms with E-state index >= 15 is 0 Å². The van der Waals surface area contributed by atoms with E-state index in [0.717, 1.165) is 11.5 Å². The molecule has 0 spiro atoms. The predicted octanol–water partition coefficient (Wildman–Crippen LogP) is 1.54. The molecule has 0 bridgehead atoms. The molecule has 0 N–H and O–H groups in total. The summed E-state index contributed by atoms with van der Waals surface area (Å²) in [5, 5.41) is 13.8. The lowest BCUT2D eigenvalue weighted by Crippen LogP contribution is -2.48. The van der Waals surface area contributed by atoms with Crippen molar-refractivity contribution in [3.05, 3.63) is 53.2 Å². The van der Waals surface area contributed by atoms with Crippen molar-refractivity contribution in [2.75, 3.05) is 26.2 Å². The second-order valence-electron chi connectivity index (χ2n) is 6.45. The topological polar surface area (TPSA) is 84.2 Å². The van der Waals surface area contributed by atoms with Gasteiger partial charge < -0.3 is 0 Å². The highest BCUT2D eigenvalue weighted by atomic mass is 32.2.